The number of nitrogens with one attached hydrogen (secondary N) is 1. The molecule has 2 atom stereocenters. The number of nitro benzene ring substituents is 1. The third-order valence-corrected chi connectivity index (χ3v) is 5.47. The molecule has 2 saturated heterocycles. The molecule has 0 amide bonds. The van der Waals surface area contributed by atoms with Crippen molar-refractivity contribution in [3.63, 3.8) is 0 Å². The van der Waals surface area contributed by atoms with Crippen molar-refractivity contribution in [2.45, 2.75) is 12.5 Å². The van der Waals surface area contributed by atoms with E-state index in [-0.39, 0.29) is 10.6 Å². The average Bonchev–Trinajstić information content (AvgIpc) is 3.23. The van der Waals surface area contributed by atoms with Gasteiger partial charge in [-0.3, -0.25) is 20.0 Å². The number of nitrogens with zero attached hydrogens (tertiary/aromatic N) is 3. The molecule has 4 rings (SSSR count). The monoisotopic (exact) mass is 372 g/mol. The van der Waals surface area contributed by atoms with Crippen molar-refractivity contribution in [2.24, 2.45) is 5.92 Å². The van der Waals surface area contributed by atoms with Gasteiger partial charge in [0.05, 0.1) is 35.8 Å². The summed E-state index contributed by atoms with van der Waals surface area (Å²) in [5.41, 5.74) is 1.54. The summed E-state index contributed by atoms with van der Waals surface area (Å²) in [6.07, 6.45) is 2.73. The first-order valence-corrected chi connectivity index (χ1v) is 9.39. The second-order valence-corrected chi connectivity index (χ2v) is 7.01. The van der Waals surface area contributed by atoms with Crippen LogP contribution in [0.25, 0.3) is 10.9 Å². The number of benzene rings is 1. The summed E-state index contributed by atoms with van der Waals surface area (Å²) in [7, 11) is 0. The van der Waals surface area contributed by atoms with E-state index in [1.807, 2.05) is 0 Å². The molecule has 0 saturated carbocycles. The molecule has 0 radical (unpaired) electrons. The number of non-ortho nitro benzene ring substituents is 1. The van der Waals surface area contributed by atoms with Gasteiger partial charge in [-0.1, -0.05) is 0 Å². The molecule has 8 heteroatoms. The van der Waals surface area contributed by atoms with Gasteiger partial charge >= 0.3 is 0 Å². The molecule has 1 aromatic heterocycles. The smallest absolute Gasteiger partial charge is 0.278 e. The van der Waals surface area contributed by atoms with Gasteiger partial charge in [-0.05, 0) is 24.6 Å². The lowest BCUT2D eigenvalue weighted by molar-refractivity contribution is -0.383. The molecule has 0 unspecified atom stereocenters. The zero-order valence-electron chi connectivity index (χ0n) is 15.2. The Hall–Kier alpha value is -2.29. The Balaban J connectivity index is 1.57. The Labute approximate surface area is 157 Å². The highest BCUT2D eigenvalue weighted by molar-refractivity contribution is 5.96. The van der Waals surface area contributed by atoms with Gasteiger partial charge in [-0.25, -0.2) is 0 Å². The van der Waals surface area contributed by atoms with Crippen LogP contribution in [0.2, 0.25) is 0 Å². The van der Waals surface area contributed by atoms with Crippen LogP contribution >= 0.6 is 0 Å². The summed E-state index contributed by atoms with van der Waals surface area (Å²) < 4.78 is 11.1. The third kappa shape index (κ3) is 3.87. The molecule has 1 aromatic carbocycles. The van der Waals surface area contributed by atoms with Crippen LogP contribution in [0.3, 0.4) is 0 Å². The van der Waals surface area contributed by atoms with Crippen LogP contribution in [0.1, 0.15) is 6.42 Å². The number of morpholine rings is 1. The standard InChI is InChI=1S/C19H24N4O4/c24-23(25)17-4-3-16(19-15(17)2-1-6-20-19)21-12-18(14-5-9-27-13-14)22-7-10-26-11-8-22/h1-4,6,14,18,21H,5,7-13H2/t14-,18+/m0/s1. The summed E-state index contributed by atoms with van der Waals surface area (Å²) in [6.45, 7) is 5.69. The van der Waals surface area contributed by atoms with Gasteiger partial charge in [0.1, 0.15) is 5.52 Å². The van der Waals surface area contributed by atoms with Crippen molar-refractivity contribution >= 4 is 22.3 Å². The quantitative estimate of drug-likeness (QED) is 0.615. The van der Waals surface area contributed by atoms with Crippen molar-refractivity contribution in [2.75, 3.05) is 51.4 Å². The minimum absolute atomic E-state index is 0.0811. The molecule has 8 nitrogen and oxygen atoms in total. The highest BCUT2D eigenvalue weighted by atomic mass is 16.6. The Kier molecular flexibility index (Phi) is 5.47. The number of hydrogen-bond donors (Lipinski definition) is 1. The Morgan fingerprint density at radius 3 is 2.85 bits per heavy atom. The van der Waals surface area contributed by atoms with Gasteiger partial charge in [-0.2, -0.15) is 0 Å². The number of rotatable bonds is 6. The van der Waals surface area contributed by atoms with E-state index in [0.717, 1.165) is 58.2 Å². The number of nitro groups is 1. The second kappa shape index (κ2) is 8.16. The van der Waals surface area contributed by atoms with Crippen molar-refractivity contribution in [3.8, 4) is 0 Å². The molecule has 144 valence electrons. The molecule has 2 aliphatic rings. The zero-order chi connectivity index (χ0) is 18.6. The van der Waals surface area contributed by atoms with Crippen molar-refractivity contribution < 1.29 is 14.4 Å². The summed E-state index contributed by atoms with van der Waals surface area (Å²) >= 11 is 0. The van der Waals surface area contributed by atoms with Gasteiger partial charge in [0, 0.05) is 50.5 Å². The Morgan fingerprint density at radius 1 is 1.26 bits per heavy atom. The van der Waals surface area contributed by atoms with Crippen molar-refractivity contribution in [1.82, 2.24) is 9.88 Å². The maximum atomic E-state index is 11.3. The van der Waals surface area contributed by atoms with Gasteiger partial charge in [0.15, 0.2) is 0 Å². The molecule has 0 spiro atoms. The van der Waals surface area contributed by atoms with Crippen molar-refractivity contribution in [1.29, 1.82) is 0 Å². The molecule has 27 heavy (non-hydrogen) atoms. The highest BCUT2D eigenvalue weighted by Gasteiger charge is 2.31. The number of anilines is 1. The van der Waals surface area contributed by atoms with Crippen LogP contribution in [0.15, 0.2) is 30.5 Å². The Morgan fingerprint density at radius 2 is 2.11 bits per heavy atom. The van der Waals surface area contributed by atoms with E-state index in [9.17, 15) is 10.1 Å². The fourth-order valence-electron chi connectivity index (χ4n) is 4.03. The Bertz CT molecular complexity index is 803. The largest absolute Gasteiger partial charge is 0.382 e. The molecule has 1 N–H and O–H groups in total. The molecule has 0 aliphatic carbocycles. The van der Waals surface area contributed by atoms with Crippen LogP contribution in [-0.4, -0.2) is 66.9 Å². The third-order valence-electron chi connectivity index (χ3n) is 5.47. The number of aromatic nitrogens is 1. The van der Waals surface area contributed by atoms with Gasteiger partial charge in [0.2, 0.25) is 0 Å². The molecule has 2 fully saturated rings. The highest BCUT2D eigenvalue weighted by Crippen LogP contribution is 2.30. The lowest BCUT2D eigenvalue weighted by atomic mass is 9.96. The second-order valence-electron chi connectivity index (χ2n) is 7.01. The van der Waals surface area contributed by atoms with E-state index in [4.69, 9.17) is 9.47 Å². The van der Waals surface area contributed by atoms with E-state index < -0.39 is 0 Å². The number of fused-ring (bicyclic) bond motifs is 1. The fraction of sp³-hybridized carbons (Fsp3) is 0.526. The minimum atomic E-state index is -0.361. The normalized spacial score (nSPS) is 22.0. The topological polar surface area (TPSA) is 89.8 Å². The van der Waals surface area contributed by atoms with Crippen LogP contribution in [-0.2, 0) is 9.47 Å². The first kappa shape index (κ1) is 18.1. The summed E-state index contributed by atoms with van der Waals surface area (Å²) in [5, 5.41) is 15.4. The number of pyridine rings is 1. The number of hydrogen-bond acceptors (Lipinski definition) is 7. The maximum Gasteiger partial charge on any atom is 0.278 e. The molecular formula is C19H24N4O4. The minimum Gasteiger partial charge on any atom is -0.382 e. The van der Waals surface area contributed by atoms with E-state index in [0.29, 0.717) is 22.9 Å². The van der Waals surface area contributed by atoms with Crippen LogP contribution < -0.4 is 5.32 Å². The number of ether oxygens (including phenoxy) is 2. The molecule has 0 bridgehead atoms. The summed E-state index contributed by atoms with van der Waals surface area (Å²) in [4.78, 5) is 17.8. The maximum absolute atomic E-state index is 11.3. The molecular weight excluding hydrogens is 348 g/mol. The lowest BCUT2D eigenvalue weighted by Crippen LogP contribution is -2.50. The van der Waals surface area contributed by atoms with E-state index in [1.54, 1.807) is 30.5 Å². The van der Waals surface area contributed by atoms with E-state index in [2.05, 4.69) is 15.2 Å². The van der Waals surface area contributed by atoms with Crippen LogP contribution in [0.4, 0.5) is 11.4 Å². The molecule has 3 heterocycles. The fourth-order valence-corrected chi connectivity index (χ4v) is 4.03. The first-order valence-electron chi connectivity index (χ1n) is 9.39. The van der Waals surface area contributed by atoms with Gasteiger partial charge < -0.3 is 14.8 Å². The average molecular weight is 372 g/mol. The van der Waals surface area contributed by atoms with E-state index >= 15 is 0 Å². The summed E-state index contributed by atoms with van der Waals surface area (Å²) in [5.74, 6) is 0.480. The predicted molar refractivity (Wildman–Crippen MR) is 102 cm³/mol. The predicted octanol–water partition coefficient (Wildman–Crippen LogP) is 2.29. The lowest BCUT2D eigenvalue weighted by Gasteiger charge is -2.37. The van der Waals surface area contributed by atoms with Gasteiger partial charge in [-0.15, -0.1) is 0 Å². The van der Waals surface area contributed by atoms with Crippen LogP contribution in [0.5, 0.6) is 0 Å². The summed E-state index contributed by atoms with van der Waals surface area (Å²) in [6, 6.07) is 7.12. The van der Waals surface area contributed by atoms with Crippen molar-refractivity contribution in [3.05, 3.63) is 40.6 Å². The molecule has 2 aliphatic heterocycles. The zero-order valence-corrected chi connectivity index (χ0v) is 15.2. The first-order chi connectivity index (χ1) is 13.2. The SMILES string of the molecule is O=[N+]([O-])c1ccc(NC[C@H]([C@H]2CCOC2)N2CCOCC2)c2ncccc12. The van der Waals surface area contributed by atoms with Crippen LogP contribution in [0, 0.1) is 16.0 Å². The van der Waals surface area contributed by atoms with Gasteiger partial charge in [0.25, 0.3) is 5.69 Å². The molecule has 2 aromatic rings. The van der Waals surface area contributed by atoms with E-state index in [1.165, 1.54) is 0 Å².